The van der Waals surface area contributed by atoms with Gasteiger partial charge in [0.25, 0.3) is 0 Å². The van der Waals surface area contributed by atoms with Gasteiger partial charge in [0.2, 0.25) is 5.91 Å². The van der Waals surface area contributed by atoms with Crippen LogP contribution in [-0.2, 0) is 24.1 Å². The van der Waals surface area contributed by atoms with Crippen LogP contribution in [0.25, 0.3) is 0 Å². The maximum atomic E-state index is 12.5. The molecule has 0 unspecified atom stereocenters. The number of carbonyl (C=O) groups excluding carboxylic acids is 1. The first-order valence-corrected chi connectivity index (χ1v) is 9.57. The molecule has 1 atom stereocenters. The lowest BCUT2D eigenvalue weighted by Gasteiger charge is -2.33. The van der Waals surface area contributed by atoms with E-state index in [0.29, 0.717) is 6.42 Å². The number of hydrogen-bond acceptors (Lipinski definition) is 5. The molecule has 0 saturated carbocycles. The van der Waals surface area contributed by atoms with E-state index in [1.807, 2.05) is 22.4 Å². The molecule has 1 amide bonds. The predicted molar refractivity (Wildman–Crippen MR) is 95.3 cm³/mol. The minimum Gasteiger partial charge on any atom is -0.365 e. The van der Waals surface area contributed by atoms with Crippen molar-refractivity contribution in [3.05, 3.63) is 40.0 Å². The van der Waals surface area contributed by atoms with Crippen LogP contribution in [0.4, 0.5) is 5.82 Å². The largest absolute Gasteiger partial charge is 0.365 e. The van der Waals surface area contributed by atoms with Crippen LogP contribution in [0.1, 0.15) is 35.4 Å². The molecule has 2 aliphatic rings. The van der Waals surface area contributed by atoms with Crippen molar-refractivity contribution in [1.82, 2.24) is 14.9 Å². The van der Waals surface area contributed by atoms with E-state index in [0.717, 1.165) is 49.5 Å². The van der Waals surface area contributed by atoms with Gasteiger partial charge in [-0.1, -0.05) is 6.07 Å². The molecule has 0 bridgehead atoms. The highest BCUT2D eigenvalue weighted by atomic mass is 32.1. The standard InChI is InChI=1S/C18H22N4OS/c23-17(10-14-5-3-9-24-14)22-8-2-4-13(11-22)21-18-15-6-1-7-16(15)19-12-20-18/h3,5,9,12-13H,1-2,4,6-8,10-11H2,(H,19,20,21)/t13-/m1/s1. The van der Waals surface area contributed by atoms with Gasteiger partial charge in [0, 0.05) is 35.3 Å². The van der Waals surface area contributed by atoms with Crippen LogP contribution in [0, 0.1) is 0 Å². The Morgan fingerprint density at radius 3 is 3.17 bits per heavy atom. The van der Waals surface area contributed by atoms with Crippen molar-refractivity contribution < 1.29 is 4.79 Å². The third-order valence-electron chi connectivity index (χ3n) is 4.90. The molecule has 24 heavy (non-hydrogen) atoms. The zero-order valence-corrected chi connectivity index (χ0v) is 14.5. The van der Waals surface area contributed by atoms with E-state index >= 15 is 0 Å². The van der Waals surface area contributed by atoms with Crippen LogP contribution < -0.4 is 5.32 Å². The van der Waals surface area contributed by atoms with Gasteiger partial charge in [0.1, 0.15) is 12.1 Å². The number of piperidine rings is 1. The Kier molecular flexibility index (Phi) is 4.47. The molecular formula is C18H22N4OS. The molecule has 0 spiro atoms. The van der Waals surface area contributed by atoms with Crippen molar-refractivity contribution in [2.24, 2.45) is 0 Å². The van der Waals surface area contributed by atoms with Crippen LogP contribution >= 0.6 is 11.3 Å². The van der Waals surface area contributed by atoms with Crippen LogP contribution in [0.5, 0.6) is 0 Å². The lowest BCUT2D eigenvalue weighted by atomic mass is 10.0. The first kappa shape index (κ1) is 15.6. The highest BCUT2D eigenvalue weighted by Crippen LogP contribution is 2.26. The molecule has 1 fully saturated rings. The van der Waals surface area contributed by atoms with Crippen molar-refractivity contribution >= 4 is 23.1 Å². The smallest absolute Gasteiger partial charge is 0.227 e. The maximum absolute atomic E-state index is 12.5. The number of carbonyl (C=O) groups is 1. The van der Waals surface area contributed by atoms with Gasteiger partial charge < -0.3 is 10.2 Å². The first-order chi connectivity index (χ1) is 11.8. The van der Waals surface area contributed by atoms with Crippen LogP contribution in [0.15, 0.2) is 23.8 Å². The Hall–Kier alpha value is -1.95. The van der Waals surface area contributed by atoms with E-state index in [1.54, 1.807) is 17.7 Å². The Balaban J connectivity index is 1.40. The third kappa shape index (κ3) is 3.29. The fourth-order valence-electron chi connectivity index (χ4n) is 3.67. The number of thiophene rings is 1. The molecule has 1 aliphatic heterocycles. The van der Waals surface area contributed by atoms with Gasteiger partial charge in [0.05, 0.1) is 6.42 Å². The average Bonchev–Trinajstić information content (AvgIpc) is 3.27. The van der Waals surface area contributed by atoms with Gasteiger partial charge in [-0.25, -0.2) is 9.97 Å². The molecule has 0 radical (unpaired) electrons. The number of rotatable bonds is 4. The quantitative estimate of drug-likeness (QED) is 0.928. The molecule has 1 saturated heterocycles. The second-order valence-corrected chi connectivity index (χ2v) is 7.61. The van der Waals surface area contributed by atoms with Gasteiger partial charge in [-0.3, -0.25) is 4.79 Å². The Morgan fingerprint density at radius 1 is 1.33 bits per heavy atom. The molecule has 1 N–H and O–H groups in total. The number of amides is 1. The fourth-order valence-corrected chi connectivity index (χ4v) is 4.37. The number of aromatic nitrogens is 2. The topological polar surface area (TPSA) is 58.1 Å². The zero-order chi connectivity index (χ0) is 16.4. The molecule has 0 aromatic carbocycles. The Labute approximate surface area is 146 Å². The number of hydrogen-bond donors (Lipinski definition) is 1. The van der Waals surface area contributed by atoms with Gasteiger partial charge in [-0.05, 0) is 43.6 Å². The normalized spacial score (nSPS) is 20.0. The van der Waals surface area contributed by atoms with E-state index in [1.165, 1.54) is 17.7 Å². The Morgan fingerprint density at radius 2 is 2.29 bits per heavy atom. The zero-order valence-electron chi connectivity index (χ0n) is 13.7. The summed E-state index contributed by atoms with van der Waals surface area (Å²) in [6, 6.07) is 4.32. The number of nitrogens with one attached hydrogen (secondary N) is 1. The Bertz CT molecular complexity index is 716. The molecular weight excluding hydrogens is 320 g/mol. The highest BCUT2D eigenvalue weighted by molar-refractivity contribution is 7.10. The highest BCUT2D eigenvalue weighted by Gasteiger charge is 2.25. The van der Waals surface area contributed by atoms with Crippen molar-refractivity contribution in [2.45, 2.75) is 44.6 Å². The van der Waals surface area contributed by atoms with Crippen molar-refractivity contribution in [3.8, 4) is 0 Å². The van der Waals surface area contributed by atoms with Crippen LogP contribution in [-0.4, -0.2) is 39.9 Å². The number of fused-ring (bicyclic) bond motifs is 1. The molecule has 5 nitrogen and oxygen atoms in total. The number of anilines is 1. The fraction of sp³-hybridized carbons (Fsp3) is 0.500. The molecule has 2 aromatic rings. The lowest BCUT2D eigenvalue weighted by Crippen LogP contribution is -2.45. The number of nitrogens with zero attached hydrogens (tertiary/aromatic N) is 3. The summed E-state index contributed by atoms with van der Waals surface area (Å²) in [5, 5.41) is 5.61. The molecule has 2 aromatic heterocycles. The first-order valence-electron chi connectivity index (χ1n) is 8.69. The van der Waals surface area contributed by atoms with Gasteiger partial charge in [-0.2, -0.15) is 0 Å². The lowest BCUT2D eigenvalue weighted by molar-refractivity contribution is -0.131. The SMILES string of the molecule is O=C(Cc1cccs1)N1CCC[C@@H](Nc2ncnc3c2CCC3)C1. The molecule has 1 aliphatic carbocycles. The molecule has 4 rings (SSSR count). The number of likely N-dealkylation sites (tertiary alicyclic amines) is 1. The maximum Gasteiger partial charge on any atom is 0.227 e. The van der Waals surface area contributed by atoms with Gasteiger partial charge in [-0.15, -0.1) is 11.3 Å². The minimum atomic E-state index is 0.233. The molecule has 3 heterocycles. The minimum absolute atomic E-state index is 0.233. The number of aryl methyl sites for hydroxylation is 1. The summed E-state index contributed by atoms with van der Waals surface area (Å²) in [7, 11) is 0. The van der Waals surface area contributed by atoms with Gasteiger partial charge in [0.15, 0.2) is 0 Å². The summed E-state index contributed by atoms with van der Waals surface area (Å²) in [5.41, 5.74) is 2.47. The van der Waals surface area contributed by atoms with Crippen molar-refractivity contribution in [3.63, 3.8) is 0 Å². The molecule has 6 heteroatoms. The van der Waals surface area contributed by atoms with E-state index in [4.69, 9.17) is 0 Å². The van der Waals surface area contributed by atoms with Crippen molar-refractivity contribution in [1.29, 1.82) is 0 Å². The summed E-state index contributed by atoms with van der Waals surface area (Å²) in [5.74, 6) is 1.21. The van der Waals surface area contributed by atoms with E-state index in [2.05, 4.69) is 15.3 Å². The third-order valence-corrected chi connectivity index (χ3v) is 5.77. The second kappa shape index (κ2) is 6.89. The second-order valence-electron chi connectivity index (χ2n) is 6.58. The van der Waals surface area contributed by atoms with Crippen molar-refractivity contribution in [2.75, 3.05) is 18.4 Å². The summed E-state index contributed by atoms with van der Waals surface area (Å²) in [6.07, 6.45) is 7.60. The van der Waals surface area contributed by atoms with Crippen LogP contribution in [0.2, 0.25) is 0 Å². The summed E-state index contributed by atoms with van der Waals surface area (Å²) >= 11 is 1.65. The van der Waals surface area contributed by atoms with E-state index in [9.17, 15) is 4.79 Å². The predicted octanol–water partition coefficient (Wildman–Crippen LogP) is 2.67. The summed E-state index contributed by atoms with van der Waals surface area (Å²) in [4.78, 5) is 24.5. The summed E-state index contributed by atoms with van der Waals surface area (Å²) < 4.78 is 0. The van der Waals surface area contributed by atoms with Gasteiger partial charge >= 0.3 is 0 Å². The van der Waals surface area contributed by atoms with Crippen LogP contribution in [0.3, 0.4) is 0 Å². The average molecular weight is 342 g/mol. The van der Waals surface area contributed by atoms with E-state index < -0.39 is 0 Å². The molecule has 126 valence electrons. The summed E-state index contributed by atoms with van der Waals surface area (Å²) in [6.45, 7) is 1.63. The monoisotopic (exact) mass is 342 g/mol. The van der Waals surface area contributed by atoms with E-state index in [-0.39, 0.29) is 11.9 Å².